The highest BCUT2D eigenvalue weighted by molar-refractivity contribution is 6.46. The number of rotatable bonds is 15. The molecule has 3 saturated heterocycles. The van der Waals surface area contributed by atoms with Gasteiger partial charge in [-0.2, -0.15) is 15.8 Å². The molecule has 0 bridgehead atoms. The molecule has 3 aliphatic rings. The Kier molecular flexibility index (Phi) is 30.9. The highest BCUT2D eigenvalue weighted by Crippen LogP contribution is 2.53. The third-order valence-corrected chi connectivity index (χ3v) is 27.7. The van der Waals surface area contributed by atoms with Crippen molar-refractivity contribution in [2.45, 2.75) is 119 Å². The average molecular weight is 2100 g/mol. The first kappa shape index (κ1) is 103. The first-order valence-electron chi connectivity index (χ1n) is 42.4. The van der Waals surface area contributed by atoms with E-state index < -0.39 is 103 Å². The number of piperazine rings is 3. The fourth-order valence-corrected chi connectivity index (χ4v) is 20.4. The molecule has 3 atom stereocenters. The third kappa shape index (κ3) is 18.2. The Morgan fingerprint density at radius 1 is 0.399 bits per heavy atom. The Labute approximate surface area is 842 Å². The van der Waals surface area contributed by atoms with Gasteiger partial charge in [0.1, 0.15) is 66.9 Å². The standard InChI is InChI=1S/2C32H27Cl4FN6O3.C32H27Cl3F2N6O3/c2*1-6-20(44)42-10-9-41(13-16(42)5)29-17-11-19(33)27(21-22(34)25(37)24(36)30(45)23(21)35)40-31(17)43(32(46)18(29)12-38)28-15(4)7-8-39-26(28)14(2)3;1-6-20(44)42-10-9-41(13-16(42)5)29-17-11-19(33)27(21-22(34)30(45)23(35)25(37)24(21)36)40-31(17)43(32(46)18(29)12-38)28-15(4)7-8-39-26(28)14(2)3/h3*6-8,11,14,16,45H,1,9-10,13H2,2-5H3/t3*16-/m111/s1. The first-order chi connectivity index (χ1) is 65.2. The molecule has 3 aliphatic heterocycles. The number of anilines is 3. The summed E-state index contributed by atoms with van der Waals surface area (Å²) in [4.78, 5) is 119. The number of nitrogens with zero attached hydrogens (tertiary/aromatic N) is 18. The zero-order valence-electron chi connectivity index (χ0n) is 75.4. The van der Waals surface area contributed by atoms with Gasteiger partial charge in [-0.25, -0.2) is 32.5 Å². The summed E-state index contributed by atoms with van der Waals surface area (Å²) < 4.78 is 64.1. The fourth-order valence-electron chi connectivity index (χ4n) is 17.4. The monoisotopic (exact) mass is 2090 g/mol. The molecule has 3 aromatic carbocycles. The number of carbonyl (C=O) groups excluding carboxylic acids is 3. The van der Waals surface area contributed by atoms with Gasteiger partial charge >= 0.3 is 0 Å². The maximum Gasteiger partial charge on any atom is 0.276 e. The minimum absolute atomic E-state index is 0.0515. The number of phenolic OH excluding ortho intramolecular Hbond substituents is 3. The number of hydrogen-bond acceptors (Lipinski definition) is 21. The van der Waals surface area contributed by atoms with Gasteiger partial charge in [0.25, 0.3) is 16.7 Å². The van der Waals surface area contributed by atoms with Gasteiger partial charge in [0.2, 0.25) is 17.7 Å². The van der Waals surface area contributed by atoms with E-state index >= 15 is 13.2 Å². The lowest BCUT2D eigenvalue weighted by atomic mass is 10.0. The quantitative estimate of drug-likeness (QED) is 0.0371. The second-order valence-corrected chi connectivity index (χ2v) is 37.8. The van der Waals surface area contributed by atoms with E-state index in [4.69, 9.17) is 138 Å². The Balaban J connectivity index is 0.000000175. The van der Waals surface area contributed by atoms with Crippen molar-refractivity contribution < 1.29 is 47.3 Å². The number of benzene rings is 3. The van der Waals surface area contributed by atoms with Crippen LogP contribution in [-0.4, -0.2) is 168 Å². The van der Waals surface area contributed by atoms with Gasteiger partial charge < -0.3 is 44.7 Å². The lowest BCUT2D eigenvalue weighted by Crippen LogP contribution is -2.54. The van der Waals surface area contributed by atoms with Crippen molar-refractivity contribution in [3.8, 4) is 86.3 Å². The molecule has 0 spiro atoms. The highest BCUT2D eigenvalue weighted by Gasteiger charge is 2.40. The van der Waals surface area contributed by atoms with Gasteiger partial charge in [0.15, 0.2) is 40.5 Å². The fraction of sp³-hybridized carbons (Fsp3) is 0.281. The van der Waals surface area contributed by atoms with Crippen LogP contribution in [0.4, 0.5) is 34.6 Å². The number of aryl methyl sites for hydroxylation is 3. The smallest absolute Gasteiger partial charge is 0.276 e. The highest BCUT2D eigenvalue weighted by atomic mass is 35.5. The van der Waals surface area contributed by atoms with Gasteiger partial charge in [-0.1, -0.05) is 189 Å². The van der Waals surface area contributed by atoms with Crippen LogP contribution in [0.25, 0.3) is 83.9 Å². The SMILES string of the molecule is C=CC(=O)N1CCN(c2c(C#N)c(=O)n(-c3c(C)ccnc3C(C)C)c3nc(-c4c(Cl)c(O)c(Cl)c(F)c4Cl)c(Cl)cc23)C[C@H]1C.C=CC(=O)N1CCN(c2c(C#N)c(=O)n(-c3c(C)ccnc3C(C)C)c3nc(-c4c(Cl)c(O)c(Cl)c(F)c4Cl)c(Cl)cc23)C[C@H]1C.C=CC(=O)N1CCN(c2c(C#N)c(=O)n(-c3c(C)ccnc3C(C)C)c3nc(-c4c(F)c(F)c(Cl)c(O)c4Cl)c(Cl)cc23)C[C@H]1C. The molecule has 138 heavy (non-hydrogen) atoms. The van der Waals surface area contributed by atoms with Crippen molar-refractivity contribution >= 4 is 195 Å². The van der Waals surface area contributed by atoms with Crippen LogP contribution in [0.15, 0.2) is 107 Å². The maximum absolute atomic E-state index is 15.4. The number of phenols is 3. The van der Waals surface area contributed by atoms with Crippen LogP contribution < -0.4 is 31.4 Å². The van der Waals surface area contributed by atoms with E-state index in [0.29, 0.717) is 74.7 Å². The maximum atomic E-state index is 15.4. The van der Waals surface area contributed by atoms with Crippen LogP contribution in [0, 0.1) is 78.0 Å². The molecular weight excluding hydrogens is 2020 g/mol. The Morgan fingerprint density at radius 2 is 0.652 bits per heavy atom. The Bertz CT molecular complexity index is 6790. The first-order valence-corrected chi connectivity index (χ1v) is 46.5. The van der Waals surface area contributed by atoms with Crippen LogP contribution in [0.1, 0.15) is 131 Å². The number of aromatic nitrogens is 9. The molecule has 3 fully saturated rings. The molecule has 27 nitrogen and oxygen atoms in total. The number of hydrogen-bond donors (Lipinski definition) is 3. The molecule has 12 aromatic rings. The zero-order valence-corrected chi connectivity index (χ0v) is 83.7. The number of aromatic hydroxyl groups is 3. The van der Waals surface area contributed by atoms with E-state index in [-0.39, 0.29) is 199 Å². The predicted octanol–water partition coefficient (Wildman–Crippen LogP) is 21.8. The molecule has 12 heterocycles. The molecule has 9 aromatic heterocycles. The molecule has 0 radical (unpaired) electrons. The van der Waals surface area contributed by atoms with Crippen LogP contribution in [0.5, 0.6) is 17.2 Å². The summed E-state index contributed by atoms with van der Waals surface area (Å²) in [7, 11) is 0. The van der Waals surface area contributed by atoms with Crippen molar-refractivity contribution in [2.24, 2.45) is 0 Å². The van der Waals surface area contributed by atoms with E-state index in [1.807, 2.05) is 72.1 Å². The molecule has 0 unspecified atom stereocenters. The van der Waals surface area contributed by atoms with Gasteiger partial charge in [0.05, 0.1) is 114 Å². The molecule has 15 rings (SSSR count). The summed E-state index contributed by atoms with van der Waals surface area (Å²) >= 11 is 69.7. The number of fused-ring (bicyclic) bond motifs is 3. The summed E-state index contributed by atoms with van der Waals surface area (Å²) in [5, 5.41) is 58.4. The number of carbonyl (C=O) groups is 3. The number of nitriles is 3. The van der Waals surface area contributed by atoms with Crippen molar-refractivity contribution in [3.05, 3.63) is 253 Å². The summed E-state index contributed by atoms with van der Waals surface area (Å²) in [6.45, 7) is 35.5. The number of halogens is 15. The van der Waals surface area contributed by atoms with Crippen LogP contribution in [-0.2, 0) is 14.4 Å². The Hall–Kier alpha value is -12.0. The second-order valence-electron chi connectivity index (χ2n) is 33.6. The van der Waals surface area contributed by atoms with Gasteiger partial charge in [-0.3, -0.25) is 57.4 Å². The minimum atomic E-state index is -1.57. The van der Waals surface area contributed by atoms with Crippen LogP contribution in [0.2, 0.25) is 55.2 Å². The van der Waals surface area contributed by atoms with Crippen LogP contribution in [0.3, 0.4) is 0 Å². The topological polar surface area (TPSA) is 346 Å². The normalized spacial score (nSPS) is 15.0. The molecular formula is C96H81Cl11F4N18O9. The van der Waals surface area contributed by atoms with Gasteiger partial charge in [-0.15, -0.1) is 0 Å². The molecule has 3 amide bonds. The lowest BCUT2D eigenvalue weighted by molar-refractivity contribution is -0.129. The van der Waals surface area contributed by atoms with Crippen molar-refractivity contribution in [3.63, 3.8) is 0 Å². The molecule has 0 saturated carbocycles. The molecule has 3 N–H and O–H groups in total. The number of pyridine rings is 9. The van der Waals surface area contributed by atoms with E-state index in [1.54, 1.807) is 77.2 Å². The lowest BCUT2D eigenvalue weighted by Gasteiger charge is -2.41. The van der Waals surface area contributed by atoms with Crippen molar-refractivity contribution in [1.82, 2.24) is 58.3 Å². The average Bonchev–Trinajstić information content (AvgIpc) is 0.726. The third-order valence-electron chi connectivity index (χ3n) is 24.0. The van der Waals surface area contributed by atoms with E-state index in [9.17, 15) is 64.3 Å². The Morgan fingerprint density at radius 3 is 0.899 bits per heavy atom. The zero-order chi connectivity index (χ0) is 101. The summed E-state index contributed by atoms with van der Waals surface area (Å²) in [5.74, 6) is -8.99. The molecule has 42 heteroatoms. The van der Waals surface area contributed by atoms with Crippen molar-refractivity contribution in [1.29, 1.82) is 15.8 Å². The summed E-state index contributed by atoms with van der Waals surface area (Å²) in [6.07, 6.45) is 8.55. The van der Waals surface area contributed by atoms with E-state index in [0.717, 1.165) is 0 Å². The molecule has 714 valence electrons. The largest absolute Gasteiger partial charge is 0.505 e. The summed E-state index contributed by atoms with van der Waals surface area (Å²) in [6, 6.07) is 14.9. The van der Waals surface area contributed by atoms with Crippen LogP contribution >= 0.6 is 128 Å². The van der Waals surface area contributed by atoms with Gasteiger partial charge in [0, 0.05) is 123 Å². The van der Waals surface area contributed by atoms with Crippen molar-refractivity contribution in [2.75, 3.05) is 73.6 Å². The van der Waals surface area contributed by atoms with E-state index in [2.05, 4.69) is 57.9 Å². The van der Waals surface area contributed by atoms with Gasteiger partial charge in [-0.05, 0) is 131 Å². The predicted molar refractivity (Wildman–Crippen MR) is 533 cm³/mol. The second kappa shape index (κ2) is 41.2. The number of amides is 3. The summed E-state index contributed by atoms with van der Waals surface area (Å²) in [5.41, 5.74) is 1.14. The molecule has 0 aliphatic carbocycles. The van der Waals surface area contributed by atoms with E-state index in [1.165, 1.54) is 50.1 Å². The minimum Gasteiger partial charge on any atom is -0.505 e.